The van der Waals surface area contributed by atoms with E-state index in [0.717, 1.165) is 0 Å². The first-order chi connectivity index (χ1) is 8.16. The minimum Gasteiger partial charge on any atom is -0.376 e. The summed E-state index contributed by atoms with van der Waals surface area (Å²) in [5, 5.41) is 2.47. The van der Waals surface area contributed by atoms with E-state index in [1.807, 2.05) is 0 Å². The van der Waals surface area contributed by atoms with Crippen LogP contribution in [0.2, 0.25) is 0 Å². The largest absolute Gasteiger partial charge is 0.376 e. The van der Waals surface area contributed by atoms with Gasteiger partial charge >= 0.3 is 0 Å². The molecule has 4 nitrogen and oxygen atoms in total. The van der Waals surface area contributed by atoms with Crippen molar-refractivity contribution in [2.45, 2.75) is 6.10 Å². The Labute approximate surface area is 106 Å². The molecule has 1 aromatic rings. The van der Waals surface area contributed by atoms with Crippen LogP contribution in [0, 0.1) is 5.82 Å². The molecule has 0 radical (unpaired) electrons. The number of halogens is 2. The van der Waals surface area contributed by atoms with Crippen LogP contribution in [-0.4, -0.2) is 31.8 Å². The highest BCUT2D eigenvalue weighted by Crippen LogP contribution is 2.19. The Hall–Kier alpha value is -0.980. The van der Waals surface area contributed by atoms with Crippen LogP contribution in [0.3, 0.4) is 0 Å². The van der Waals surface area contributed by atoms with Gasteiger partial charge in [0, 0.05) is 4.47 Å². The molecule has 1 saturated heterocycles. The fourth-order valence-corrected chi connectivity index (χ4v) is 1.78. The molecule has 1 N–H and O–H groups in total. The van der Waals surface area contributed by atoms with Crippen molar-refractivity contribution < 1.29 is 18.7 Å². The van der Waals surface area contributed by atoms with Crippen molar-refractivity contribution in [3.8, 4) is 0 Å². The molecule has 0 aromatic heterocycles. The molecule has 6 heteroatoms. The Morgan fingerprint density at radius 2 is 2.29 bits per heavy atom. The zero-order valence-corrected chi connectivity index (χ0v) is 10.5. The van der Waals surface area contributed by atoms with Gasteiger partial charge in [-0.25, -0.2) is 4.39 Å². The number of amides is 1. The molecule has 17 heavy (non-hydrogen) atoms. The summed E-state index contributed by atoms with van der Waals surface area (Å²) in [7, 11) is 0. The number of rotatable bonds is 2. The molecular formula is C11H11BrFNO3. The minimum absolute atomic E-state index is 0.132. The summed E-state index contributed by atoms with van der Waals surface area (Å²) < 4.78 is 24.4. The molecule has 1 atom stereocenters. The number of carbonyl (C=O) groups is 1. The van der Waals surface area contributed by atoms with Gasteiger partial charge in [0.25, 0.3) is 5.91 Å². The first-order valence-electron chi connectivity index (χ1n) is 5.12. The van der Waals surface area contributed by atoms with Gasteiger partial charge in [-0.1, -0.05) is 15.9 Å². The molecule has 92 valence electrons. The maximum absolute atomic E-state index is 13.5. The van der Waals surface area contributed by atoms with Crippen LogP contribution in [0.25, 0.3) is 0 Å². The van der Waals surface area contributed by atoms with E-state index in [-0.39, 0.29) is 12.3 Å². The lowest BCUT2D eigenvalue weighted by Gasteiger charge is -2.22. The SMILES string of the molecule is O=C(Nc1ccc(Br)cc1F)C1COCCO1. The zero-order valence-electron chi connectivity index (χ0n) is 8.91. The second-order valence-corrected chi connectivity index (χ2v) is 4.46. The summed E-state index contributed by atoms with van der Waals surface area (Å²) in [6.45, 7) is 1.06. The van der Waals surface area contributed by atoms with Crippen LogP contribution in [0.4, 0.5) is 10.1 Å². The molecule has 0 spiro atoms. The van der Waals surface area contributed by atoms with Gasteiger partial charge in [0.05, 0.1) is 25.5 Å². The molecule has 1 amide bonds. The average molecular weight is 304 g/mol. The standard InChI is InChI=1S/C11H11BrFNO3/c12-7-1-2-9(8(13)5-7)14-11(15)10-6-16-3-4-17-10/h1-2,5,10H,3-4,6H2,(H,14,15). The number of nitrogens with one attached hydrogen (secondary N) is 1. The van der Waals surface area contributed by atoms with Crippen LogP contribution < -0.4 is 5.32 Å². The van der Waals surface area contributed by atoms with Gasteiger partial charge in [0.1, 0.15) is 5.82 Å². The molecule has 1 unspecified atom stereocenters. The lowest BCUT2D eigenvalue weighted by atomic mass is 10.2. The van der Waals surface area contributed by atoms with Crippen molar-refractivity contribution in [2.75, 3.05) is 25.1 Å². The Morgan fingerprint density at radius 1 is 1.47 bits per heavy atom. The lowest BCUT2D eigenvalue weighted by Crippen LogP contribution is -2.39. The molecule has 2 rings (SSSR count). The molecule has 1 fully saturated rings. The van der Waals surface area contributed by atoms with Crippen molar-refractivity contribution >= 4 is 27.5 Å². The van der Waals surface area contributed by atoms with Crippen molar-refractivity contribution in [2.24, 2.45) is 0 Å². The smallest absolute Gasteiger partial charge is 0.255 e. The highest BCUT2D eigenvalue weighted by atomic mass is 79.9. The Balaban J connectivity index is 2.02. The monoisotopic (exact) mass is 303 g/mol. The number of hydrogen-bond acceptors (Lipinski definition) is 3. The van der Waals surface area contributed by atoms with Gasteiger partial charge < -0.3 is 14.8 Å². The molecule has 0 saturated carbocycles. The number of carbonyl (C=O) groups excluding carboxylic acids is 1. The third-order valence-electron chi connectivity index (χ3n) is 2.30. The van der Waals surface area contributed by atoms with E-state index in [0.29, 0.717) is 17.7 Å². The molecule has 1 heterocycles. The lowest BCUT2D eigenvalue weighted by molar-refractivity contribution is -0.142. The highest BCUT2D eigenvalue weighted by Gasteiger charge is 2.23. The van der Waals surface area contributed by atoms with Crippen molar-refractivity contribution in [3.63, 3.8) is 0 Å². The molecule has 0 aliphatic carbocycles. The predicted molar refractivity (Wildman–Crippen MR) is 63.3 cm³/mol. The van der Waals surface area contributed by atoms with Crippen LogP contribution in [0.15, 0.2) is 22.7 Å². The van der Waals surface area contributed by atoms with Crippen LogP contribution in [0.1, 0.15) is 0 Å². The first kappa shape index (κ1) is 12.5. The van der Waals surface area contributed by atoms with Gasteiger partial charge in [0.2, 0.25) is 0 Å². The minimum atomic E-state index is -0.674. The molecule has 1 aliphatic heterocycles. The fourth-order valence-electron chi connectivity index (χ4n) is 1.44. The van der Waals surface area contributed by atoms with Gasteiger partial charge in [-0.15, -0.1) is 0 Å². The molecule has 0 bridgehead atoms. The second-order valence-electron chi connectivity index (χ2n) is 3.55. The summed E-state index contributed by atoms with van der Waals surface area (Å²) in [5.41, 5.74) is 0.132. The van der Waals surface area contributed by atoms with Gasteiger partial charge in [-0.05, 0) is 18.2 Å². The number of hydrogen-bond donors (Lipinski definition) is 1. The first-order valence-corrected chi connectivity index (χ1v) is 5.91. The molecular weight excluding hydrogens is 293 g/mol. The van der Waals surface area contributed by atoms with Gasteiger partial charge in [-0.3, -0.25) is 4.79 Å². The number of ether oxygens (including phenoxy) is 2. The normalized spacial score (nSPS) is 20.0. The number of anilines is 1. The number of benzene rings is 1. The van der Waals surface area contributed by atoms with Crippen molar-refractivity contribution in [1.82, 2.24) is 0 Å². The van der Waals surface area contributed by atoms with E-state index < -0.39 is 17.8 Å². The van der Waals surface area contributed by atoms with Crippen molar-refractivity contribution in [1.29, 1.82) is 0 Å². The Kier molecular flexibility index (Phi) is 4.09. The molecule has 1 aliphatic rings. The Bertz CT molecular complexity index is 421. The quantitative estimate of drug-likeness (QED) is 0.908. The summed E-state index contributed by atoms with van der Waals surface area (Å²) in [5.74, 6) is -0.893. The van der Waals surface area contributed by atoms with E-state index >= 15 is 0 Å². The van der Waals surface area contributed by atoms with Crippen LogP contribution >= 0.6 is 15.9 Å². The van der Waals surface area contributed by atoms with Crippen molar-refractivity contribution in [3.05, 3.63) is 28.5 Å². The fraction of sp³-hybridized carbons (Fsp3) is 0.364. The zero-order chi connectivity index (χ0) is 12.3. The van der Waals surface area contributed by atoms with E-state index in [2.05, 4.69) is 21.2 Å². The van der Waals surface area contributed by atoms with E-state index in [1.54, 1.807) is 6.07 Å². The third kappa shape index (κ3) is 3.24. The third-order valence-corrected chi connectivity index (χ3v) is 2.79. The Morgan fingerprint density at radius 3 is 2.94 bits per heavy atom. The maximum Gasteiger partial charge on any atom is 0.255 e. The average Bonchev–Trinajstić information content (AvgIpc) is 2.34. The van der Waals surface area contributed by atoms with E-state index in [4.69, 9.17) is 9.47 Å². The maximum atomic E-state index is 13.5. The van der Waals surface area contributed by atoms with Crippen LogP contribution in [0.5, 0.6) is 0 Å². The van der Waals surface area contributed by atoms with Crippen LogP contribution in [-0.2, 0) is 14.3 Å². The van der Waals surface area contributed by atoms with Gasteiger partial charge in [-0.2, -0.15) is 0 Å². The summed E-state index contributed by atoms with van der Waals surface area (Å²) in [4.78, 5) is 11.7. The summed E-state index contributed by atoms with van der Waals surface area (Å²) in [6.07, 6.45) is -0.674. The molecule has 1 aromatic carbocycles. The topological polar surface area (TPSA) is 47.6 Å². The van der Waals surface area contributed by atoms with Gasteiger partial charge in [0.15, 0.2) is 6.10 Å². The second kappa shape index (κ2) is 5.57. The van der Waals surface area contributed by atoms with E-state index in [9.17, 15) is 9.18 Å². The highest BCUT2D eigenvalue weighted by molar-refractivity contribution is 9.10. The summed E-state index contributed by atoms with van der Waals surface area (Å²) >= 11 is 3.14. The summed E-state index contributed by atoms with van der Waals surface area (Å²) in [6, 6.07) is 4.42. The van der Waals surface area contributed by atoms with E-state index in [1.165, 1.54) is 12.1 Å². The predicted octanol–water partition coefficient (Wildman–Crippen LogP) is 1.94.